The third kappa shape index (κ3) is 4.70. The first-order chi connectivity index (χ1) is 10.1. The van der Waals surface area contributed by atoms with Crippen LogP contribution < -0.4 is 5.32 Å². The summed E-state index contributed by atoms with van der Waals surface area (Å²) in [5.41, 5.74) is 0. The molecule has 2 rings (SSSR count). The van der Waals surface area contributed by atoms with Crippen LogP contribution in [0.15, 0.2) is 12.7 Å². The monoisotopic (exact) mass is 295 g/mol. The molecule has 0 aliphatic heterocycles. The molecule has 0 spiro atoms. The highest BCUT2D eigenvalue weighted by atomic mass is 16.3. The molecular formula is C14H25N5O2. The number of carbonyl (C=O) groups excluding carboxylic acids is 1. The maximum atomic E-state index is 12.2. The van der Waals surface area contributed by atoms with Gasteiger partial charge in [-0.3, -0.25) is 4.68 Å². The molecule has 3 atom stereocenters. The van der Waals surface area contributed by atoms with Crippen molar-refractivity contribution in [2.45, 2.75) is 51.3 Å². The average Bonchev–Trinajstić information content (AvgIpc) is 2.93. The number of carbonyl (C=O) groups is 1. The molecule has 7 nitrogen and oxygen atoms in total. The fourth-order valence-corrected chi connectivity index (χ4v) is 2.81. The summed E-state index contributed by atoms with van der Waals surface area (Å²) >= 11 is 0. The fourth-order valence-electron chi connectivity index (χ4n) is 2.81. The first-order valence-corrected chi connectivity index (χ1v) is 7.58. The number of urea groups is 1. The lowest BCUT2D eigenvalue weighted by Gasteiger charge is -2.31. The van der Waals surface area contributed by atoms with Gasteiger partial charge in [-0.05, 0) is 19.8 Å². The molecule has 1 aliphatic carbocycles. The largest absolute Gasteiger partial charge is 0.393 e. The van der Waals surface area contributed by atoms with Crippen LogP contribution in [0.4, 0.5) is 4.79 Å². The molecule has 0 bridgehead atoms. The number of nitrogens with one attached hydrogen (secondary N) is 1. The topological polar surface area (TPSA) is 83.3 Å². The molecule has 0 unspecified atom stereocenters. The van der Waals surface area contributed by atoms with Gasteiger partial charge in [0.15, 0.2) is 0 Å². The van der Waals surface area contributed by atoms with Crippen molar-refractivity contribution in [3.05, 3.63) is 12.7 Å². The van der Waals surface area contributed by atoms with Gasteiger partial charge < -0.3 is 15.3 Å². The number of rotatable bonds is 5. The Balaban J connectivity index is 1.76. The van der Waals surface area contributed by atoms with E-state index < -0.39 is 0 Å². The summed E-state index contributed by atoms with van der Waals surface area (Å²) in [5.74, 6) is 0.195. The van der Waals surface area contributed by atoms with E-state index in [1.54, 1.807) is 23.0 Å². The lowest BCUT2D eigenvalue weighted by Crippen LogP contribution is -2.46. The van der Waals surface area contributed by atoms with E-state index in [1.165, 1.54) is 6.33 Å². The number of hydrogen-bond donors (Lipinski definition) is 2. The Labute approximate surface area is 125 Å². The molecule has 21 heavy (non-hydrogen) atoms. The van der Waals surface area contributed by atoms with E-state index in [1.807, 2.05) is 6.92 Å². The van der Waals surface area contributed by atoms with E-state index in [2.05, 4.69) is 15.4 Å². The van der Waals surface area contributed by atoms with Crippen LogP contribution in [0.1, 0.15) is 32.6 Å². The zero-order chi connectivity index (χ0) is 15.2. The first kappa shape index (κ1) is 15.8. The molecule has 1 heterocycles. The molecule has 0 aromatic carbocycles. The van der Waals surface area contributed by atoms with Crippen molar-refractivity contribution >= 4 is 6.03 Å². The molecule has 0 saturated heterocycles. The lowest BCUT2D eigenvalue weighted by molar-refractivity contribution is 0.0563. The molecule has 1 fully saturated rings. The molecule has 7 heteroatoms. The summed E-state index contributed by atoms with van der Waals surface area (Å²) in [4.78, 5) is 17.7. The van der Waals surface area contributed by atoms with Gasteiger partial charge in [-0.25, -0.2) is 9.78 Å². The Morgan fingerprint density at radius 3 is 2.95 bits per heavy atom. The zero-order valence-electron chi connectivity index (χ0n) is 12.8. The van der Waals surface area contributed by atoms with Gasteiger partial charge in [0.2, 0.25) is 0 Å². The number of hydrogen-bond acceptors (Lipinski definition) is 4. The zero-order valence-corrected chi connectivity index (χ0v) is 12.8. The van der Waals surface area contributed by atoms with Gasteiger partial charge in [0, 0.05) is 25.6 Å². The smallest absolute Gasteiger partial charge is 0.317 e. The quantitative estimate of drug-likeness (QED) is 0.844. The van der Waals surface area contributed by atoms with E-state index in [4.69, 9.17) is 0 Å². The molecule has 1 aromatic rings. The van der Waals surface area contributed by atoms with E-state index >= 15 is 0 Å². The number of aliphatic hydroxyl groups excluding tert-OH is 1. The van der Waals surface area contributed by atoms with Gasteiger partial charge in [-0.15, -0.1) is 0 Å². The summed E-state index contributed by atoms with van der Waals surface area (Å²) in [7, 11) is 1.78. The second kappa shape index (κ2) is 7.40. The molecule has 1 saturated carbocycles. The van der Waals surface area contributed by atoms with Crippen molar-refractivity contribution in [2.24, 2.45) is 5.92 Å². The maximum absolute atomic E-state index is 12.2. The maximum Gasteiger partial charge on any atom is 0.317 e. The number of nitrogens with zero attached hydrogens (tertiary/aromatic N) is 4. The summed E-state index contributed by atoms with van der Waals surface area (Å²) < 4.78 is 1.69. The van der Waals surface area contributed by atoms with Crippen LogP contribution in [0.5, 0.6) is 0 Å². The highest BCUT2D eigenvalue weighted by Crippen LogP contribution is 2.24. The van der Waals surface area contributed by atoms with Gasteiger partial charge >= 0.3 is 6.03 Å². The van der Waals surface area contributed by atoms with Crippen molar-refractivity contribution in [2.75, 3.05) is 13.6 Å². The first-order valence-electron chi connectivity index (χ1n) is 7.58. The number of aliphatic hydroxyl groups is 1. The van der Waals surface area contributed by atoms with Gasteiger partial charge in [0.25, 0.3) is 0 Å². The predicted molar refractivity (Wildman–Crippen MR) is 78.6 cm³/mol. The van der Waals surface area contributed by atoms with Crippen LogP contribution in [0.25, 0.3) is 0 Å². The Morgan fingerprint density at radius 2 is 2.29 bits per heavy atom. The minimum Gasteiger partial charge on any atom is -0.393 e. The predicted octanol–water partition coefficient (Wildman–Crippen LogP) is 0.859. The summed E-state index contributed by atoms with van der Waals surface area (Å²) in [6, 6.07) is -0.140. The third-order valence-corrected chi connectivity index (χ3v) is 4.02. The summed E-state index contributed by atoms with van der Waals surface area (Å²) in [6.45, 7) is 3.12. The van der Waals surface area contributed by atoms with Gasteiger partial charge in [0.05, 0.1) is 12.6 Å². The molecule has 1 aliphatic rings. The van der Waals surface area contributed by atoms with E-state index in [-0.39, 0.29) is 24.1 Å². The molecule has 118 valence electrons. The van der Waals surface area contributed by atoms with E-state index in [0.29, 0.717) is 13.1 Å². The molecule has 2 amide bonds. The van der Waals surface area contributed by atoms with Crippen LogP contribution in [0, 0.1) is 5.92 Å². The SMILES string of the molecule is C[C@H](Cn1cncn1)NC(=O)N(C)C[C@H]1CCCC[C@@H]1O. The Hall–Kier alpha value is -1.63. The van der Waals surface area contributed by atoms with Crippen molar-refractivity contribution in [3.63, 3.8) is 0 Å². The minimum absolute atomic E-state index is 0.0297. The van der Waals surface area contributed by atoms with Gasteiger partial charge in [0.1, 0.15) is 12.7 Å². The van der Waals surface area contributed by atoms with Gasteiger partial charge in [-0.2, -0.15) is 5.10 Å². The average molecular weight is 295 g/mol. The second-order valence-corrected chi connectivity index (χ2v) is 5.96. The Morgan fingerprint density at radius 1 is 1.52 bits per heavy atom. The lowest BCUT2D eigenvalue weighted by atomic mass is 9.86. The molecular weight excluding hydrogens is 270 g/mol. The summed E-state index contributed by atoms with van der Waals surface area (Å²) in [6.07, 6.45) is 6.90. The third-order valence-electron chi connectivity index (χ3n) is 4.02. The standard InChI is InChI=1S/C14H25N5O2/c1-11(7-19-10-15-9-16-19)17-14(21)18(2)8-12-5-3-4-6-13(12)20/h9-13,20H,3-8H2,1-2H3,(H,17,21)/t11-,12-,13+/m1/s1. The van der Waals surface area contributed by atoms with Crippen molar-refractivity contribution < 1.29 is 9.90 Å². The highest BCUT2D eigenvalue weighted by Gasteiger charge is 2.25. The van der Waals surface area contributed by atoms with Crippen molar-refractivity contribution in [1.82, 2.24) is 25.0 Å². The molecule has 0 radical (unpaired) electrons. The van der Waals surface area contributed by atoms with Crippen LogP contribution >= 0.6 is 0 Å². The number of aromatic nitrogens is 3. The Bertz CT molecular complexity index is 437. The van der Waals surface area contributed by atoms with Crippen LogP contribution in [-0.4, -0.2) is 56.5 Å². The Kier molecular flexibility index (Phi) is 5.55. The fraction of sp³-hybridized carbons (Fsp3) is 0.786. The number of amides is 2. The van der Waals surface area contributed by atoms with E-state index in [9.17, 15) is 9.90 Å². The second-order valence-electron chi connectivity index (χ2n) is 5.96. The normalized spacial score (nSPS) is 23.6. The van der Waals surface area contributed by atoms with Gasteiger partial charge in [-0.1, -0.05) is 12.8 Å². The van der Waals surface area contributed by atoms with E-state index in [0.717, 1.165) is 25.7 Å². The van der Waals surface area contributed by atoms with Crippen LogP contribution in [0.3, 0.4) is 0 Å². The molecule has 2 N–H and O–H groups in total. The molecule has 1 aromatic heterocycles. The minimum atomic E-state index is -0.276. The van der Waals surface area contributed by atoms with Crippen LogP contribution in [-0.2, 0) is 6.54 Å². The summed E-state index contributed by atoms with van der Waals surface area (Å²) in [5, 5.41) is 16.9. The van der Waals surface area contributed by atoms with Crippen molar-refractivity contribution in [3.8, 4) is 0 Å². The van der Waals surface area contributed by atoms with Crippen molar-refractivity contribution in [1.29, 1.82) is 0 Å². The highest BCUT2D eigenvalue weighted by molar-refractivity contribution is 5.74. The van der Waals surface area contributed by atoms with Crippen LogP contribution in [0.2, 0.25) is 0 Å².